The van der Waals surface area contributed by atoms with Crippen molar-refractivity contribution in [1.29, 1.82) is 0 Å². The number of aromatic nitrogens is 1. The Labute approximate surface area is 124 Å². The average molecular weight is 285 g/mol. The maximum atomic E-state index is 11.9. The molecule has 110 valence electrons. The lowest BCUT2D eigenvalue weighted by atomic mass is 10.2. The van der Waals surface area contributed by atoms with Gasteiger partial charge in [0.2, 0.25) is 0 Å². The van der Waals surface area contributed by atoms with Crippen LogP contribution in [-0.2, 0) is 0 Å². The van der Waals surface area contributed by atoms with Crippen molar-refractivity contribution >= 4 is 11.7 Å². The van der Waals surface area contributed by atoms with E-state index in [1.807, 2.05) is 44.2 Å². The number of pyridine rings is 1. The van der Waals surface area contributed by atoms with Crippen LogP contribution in [0.25, 0.3) is 0 Å². The van der Waals surface area contributed by atoms with Crippen LogP contribution in [0.2, 0.25) is 0 Å². The molecule has 21 heavy (non-hydrogen) atoms. The second kappa shape index (κ2) is 7.28. The first-order chi connectivity index (χ1) is 10.2. The molecule has 5 heteroatoms. The van der Waals surface area contributed by atoms with Crippen LogP contribution in [0.4, 0.5) is 10.5 Å². The molecule has 2 rings (SSSR count). The standard InChI is InChI=1S/C16H19N3O2/c1-3-21-14-9-7-13(8-10-14)19-16(20)18-12(2)15-6-4-5-11-17-15/h4-12H,3H2,1-2H3,(H2,18,19,20). The fourth-order valence-corrected chi connectivity index (χ4v) is 1.87. The summed E-state index contributed by atoms with van der Waals surface area (Å²) in [6.45, 7) is 4.44. The topological polar surface area (TPSA) is 63.2 Å². The molecule has 0 saturated heterocycles. The van der Waals surface area contributed by atoms with Gasteiger partial charge in [-0.3, -0.25) is 4.98 Å². The van der Waals surface area contributed by atoms with E-state index in [1.165, 1.54) is 0 Å². The Morgan fingerprint density at radius 1 is 1.24 bits per heavy atom. The van der Waals surface area contributed by atoms with Gasteiger partial charge in [-0.2, -0.15) is 0 Å². The van der Waals surface area contributed by atoms with E-state index in [1.54, 1.807) is 18.3 Å². The van der Waals surface area contributed by atoms with Crippen LogP contribution in [-0.4, -0.2) is 17.6 Å². The summed E-state index contributed by atoms with van der Waals surface area (Å²) in [5, 5.41) is 5.62. The molecule has 1 aromatic heterocycles. The maximum absolute atomic E-state index is 11.9. The number of nitrogens with one attached hydrogen (secondary N) is 2. The molecule has 0 aliphatic heterocycles. The van der Waals surface area contributed by atoms with E-state index in [9.17, 15) is 4.79 Å². The van der Waals surface area contributed by atoms with E-state index < -0.39 is 0 Å². The van der Waals surface area contributed by atoms with Crippen molar-refractivity contribution in [3.05, 3.63) is 54.4 Å². The first-order valence-electron chi connectivity index (χ1n) is 6.90. The number of hydrogen-bond acceptors (Lipinski definition) is 3. The van der Waals surface area contributed by atoms with Gasteiger partial charge >= 0.3 is 6.03 Å². The minimum absolute atomic E-state index is 0.158. The van der Waals surface area contributed by atoms with Crippen LogP contribution >= 0.6 is 0 Å². The lowest BCUT2D eigenvalue weighted by molar-refractivity contribution is 0.249. The highest BCUT2D eigenvalue weighted by atomic mass is 16.5. The van der Waals surface area contributed by atoms with Crippen LogP contribution in [0.1, 0.15) is 25.6 Å². The van der Waals surface area contributed by atoms with Crippen molar-refractivity contribution in [1.82, 2.24) is 10.3 Å². The summed E-state index contributed by atoms with van der Waals surface area (Å²) in [4.78, 5) is 16.1. The molecular formula is C16H19N3O2. The van der Waals surface area contributed by atoms with Gasteiger partial charge in [-0.1, -0.05) is 6.07 Å². The number of nitrogens with zero attached hydrogens (tertiary/aromatic N) is 1. The Hall–Kier alpha value is -2.56. The molecule has 2 amide bonds. The largest absolute Gasteiger partial charge is 0.494 e. The lowest BCUT2D eigenvalue weighted by Gasteiger charge is -2.14. The molecule has 1 heterocycles. The summed E-state index contributed by atoms with van der Waals surface area (Å²) in [5.41, 5.74) is 1.53. The number of urea groups is 1. The molecule has 1 atom stereocenters. The Kier molecular flexibility index (Phi) is 5.15. The average Bonchev–Trinajstić information content (AvgIpc) is 2.50. The molecule has 0 spiro atoms. The summed E-state index contributed by atoms with van der Waals surface area (Å²) in [7, 11) is 0. The van der Waals surface area contributed by atoms with E-state index in [2.05, 4.69) is 15.6 Å². The number of carbonyl (C=O) groups excluding carboxylic acids is 1. The Balaban J connectivity index is 1.89. The van der Waals surface area contributed by atoms with Gasteiger partial charge in [0, 0.05) is 11.9 Å². The highest BCUT2D eigenvalue weighted by molar-refractivity contribution is 5.89. The van der Waals surface area contributed by atoms with Gasteiger partial charge < -0.3 is 15.4 Å². The molecule has 0 aliphatic carbocycles. The van der Waals surface area contributed by atoms with Gasteiger partial charge in [0.05, 0.1) is 18.3 Å². The predicted octanol–water partition coefficient (Wildman–Crippen LogP) is 3.36. The van der Waals surface area contributed by atoms with E-state index in [4.69, 9.17) is 4.74 Å². The molecule has 5 nitrogen and oxygen atoms in total. The third-order valence-corrected chi connectivity index (χ3v) is 2.90. The predicted molar refractivity (Wildman–Crippen MR) is 82.4 cm³/mol. The van der Waals surface area contributed by atoms with Crippen molar-refractivity contribution in [2.45, 2.75) is 19.9 Å². The zero-order valence-electron chi connectivity index (χ0n) is 12.2. The first kappa shape index (κ1) is 14.8. The quantitative estimate of drug-likeness (QED) is 0.885. The molecule has 0 aliphatic rings. The molecule has 0 bridgehead atoms. The van der Waals surface area contributed by atoms with Crippen LogP contribution in [0.5, 0.6) is 5.75 Å². The summed E-state index contributed by atoms with van der Waals surface area (Å²) in [5.74, 6) is 0.783. The zero-order valence-corrected chi connectivity index (χ0v) is 12.2. The Morgan fingerprint density at radius 3 is 2.62 bits per heavy atom. The minimum Gasteiger partial charge on any atom is -0.494 e. The lowest BCUT2D eigenvalue weighted by Crippen LogP contribution is -2.31. The zero-order chi connectivity index (χ0) is 15.1. The van der Waals surface area contributed by atoms with Crippen LogP contribution in [0.15, 0.2) is 48.7 Å². The van der Waals surface area contributed by atoms with Crippen molar-refractivity contribution in [3.63, 3.8) is 0 Å². The molecular weight excluding hydrogens is 266 g/mol. The summed E-state index contributed by atoms with van der Waals surface area (Å²) in [6, 6.07) is 12.4. The van der Waals surface area contributed by atoms with Crippen molar-refractivity contribution in [2.75, 3.05) is 11.9 Å². The highest BCUT2D eigenvalue weighted by Crippen LogP contribution is 2.16. The van der Waals surface area contributed by atoms with Gasteiger partial charge in [0.15, 0.2) is 0 Å². The Bertz CT molecular complexity index is 570. The summed E-state index contributed by atoms with van der Waals surface area (Å²) in [6.07, 6.45) is 1.71. The van der Waals surface area contributed by atoms with Crippen molar-refractivity contribution in [3.8, 4) is 5.75 Å². The molecule has 0 fully saturated rings. The number of amides is 2. The second-order valence-corrected chi connectivity index (χ2v) is 4.53. The molecule has 2 N–H and O–H groups in total. The van der Waals surface area contributed by atoms with Crippen LogP contribution in [0, 0.1) is 0 Å². The SMILES string of the molecule is CCOc1ccc(NC(=O)NC(C)c2ccccn2)cc1. The molecule has 1 aromatic carbocycles. The van der Waals surface area contributed by atoms with Gasteiger partial charge in [0.1, 0.15) is 5.75 Å². The minimum atomic E-state index is -0.266. The second-order valence-electron chi connectivity index (χ2n) is 4.53. The third-order valence-electron chi connectivity index (χ3n) is 2.90. The number of ether oxygens (including phenoxy) is 1. The number of anilines is 1. The fourth-order valence-electron chi connectivity index (χ4n) is 1.87. The van der Waals surface area contributed by atoms with Gasteiger partial charge in [-0.25, -0.2) is 4.79 Å². The van der Waals surface area contributed by atoms with E-state index in [0.29, 0.717) is 12.3 Å². The molecule has 1 unspecified atom stereocenters. The third kappa shape index (κ3) is 4.49. The highest BCUT2D eigenvalue weighted by Gasteiger charge is 2.10. The van der Waals surface area contributed by atoms with Crippen LogP contribution < -0.4 is 15.4 Å². The van der Waals surface area contributed by atoms with Gasteiger partial charge in [-0.05, 0) is 50.2 Å². The van der Waals surface area contributed by atoms with Gasteiger partial charge in [0.25, 0.3) is 0 Å². The molecule has 0 saturated carbocycles. The fraction of sp³-hybridized carbons (Fsp3) is 0.250. The summed E-state index contributed by atoms with van der Waals surface area (Å²) < 4.78 is 5.35. The van der Waals surface area contributed by atoms with Crippen molar-refractivity contribution < 1.29 is 9.53 Å². The van der Waals surface area contributed by atoms with E-state index in [-0.39, 0.29) is 12.1 Å². The normalized spacial score (nSPS) is 11.5. The van der Waals surface area contributed by atoms with E-state index >= 15 is 0 Å². The number of rotatable bonds is 5. The molecule has 2 aromatic rings. The monoisotopic (exact) mass is 285 g/mol. The van der Waals surface area contributed by atoms with Crippen molar-refractivity contribution in [2.24, 2.45) is 0 Å². The first-order valence-corrected chi connectivity index (χ1v) is 6.90. The van der Waals surface area contributed by atoms with E-state index in [0.717, 1.165) is 11.4 Å². The number of hydrogen-bond donors (Lipinski definition) is 2. The summed E-state index contributed by atoms with van der Waals surface area (Å²) >= 11 is 0. The van der Waals surface area contributed by atoms with Crippen LogP contribution in [0.3, 0.4) is 0 Å². The Morgan fingerprint density at radius 2 is 2.00 bits per heavy atom. The number of benzene rings is 1. The smallest absolute Gasteiger partial charge is 0.319 e. The maximum Gasteiger partial charge on any atom is 0.319 e. The van der Waals surface area contributed by atoms with Gasteiger partial charge in [-0.15, -0.1) is 0 Å². The number of carbonyl (C=O) groups is 1. The molecule has 0 radical (unpaired) electrons.